The standard InChI is InChI=1S/C23H27N3O3/c1-2-21(16-10-14-20(27)15-11-16)25-26-23(29)18-8-12-19(13-9-18)24-22(28)17-6-4-3-5-7-17/h8-15,17,27H,2-7H2,1H3,(H,24,28)(H,26,29). The fourth-order valence-electron chi connectivity index (χ4n) is 3.50. The summed E-state index contributed by atoms with van der Waals surface area (Å²) in [5.41, 5.74) is 5.29. The van der Waals surface area contributed by atoms with E-state index in [1.165, 1.54) is 6.42 Å². The van der Waals surface area contributed by atoms with E-state index in [-0.39, 0.29) is 23.5 Å². The van der Waals surface area contributed by atoms with Crippen LogP contribution in [0.25, 0.3) is 0 Å². The molecule has 0 spiro atoms. The number of hydrogen-bond acceptors (Lipinski definition) is 4. The summed E-state index contributed by atoms with van der Waals surface area (Å²) in [7, 11) is 0. The minimum absolute atomic E-state index is 0.0630. The second-order valence-electron chi connectivity index (χ2n) is 7.30. The summed E-state index contributed by atoms with van der Waals surface area (Å²) in [6.45, 7) is 1.95. The molecule has 2 aromatic carbocycles. The lowest BCUT2D eigenvalue weighted by Gasteiger charge is -2.20. The third-order valence-electron chi connectivity index (χ3n) is 5.22. The minimum Gasteiger partial charge on any atom is -0.508 e. The second-order valence-corrected chi connectivity index (χ2v) is 7.30. The number of rotatable bonds is 6. The number of phenols is 1. The van der Waals surface area contributed by atoms with Gasteiger partial charge >= 0.3 is 0 Å². The van der Waals surface area contributed by atoms with Crippen LogP contribution in [0.15, 0.2) is 53.6 Å². The number of anilines is 1. The lowest BCUT2D eigenvalue weighted by Crippen LogP contribution is -2.24. The maximum absolute atomic E-state index is 12.4. The molecule has 1 aliphatic carbocycles. The van der Waals surface area contributed by atoms with Crippen LogP contribution in [0.4, 0.5) is 5.69 Å². The zero-order valence-electron chi connectivity index (χ0n) is 16.6. The van der Waals surface area contributed by atoms with Crippen molar-refractivity contribution in [1.29, 1.82) is 0 Å². The first-order valence-electron chi connectivity index (χ1n) is 10.1. The number of phenolic OH excluding ortho intramolecular Hbond substituents is 1. The van der Waals surface area contributed by atoms with Crippen molar-refractivity contribution < 1.29 is 14.7 Å². The van der Waals surface area contributed by atoms with Crippen LogP contribution in [0.3, 0.4) is 0 Å². The van der Waals surface area contributed by atoms with E-state index in [2.05, 4.69) is 15.8 Å². The van der Waals surface area contributed by atoms with Gasteiger partial charge in [0.05, 0.1) is 5.71 Å². The van der Waals surface area contributed by atoms with E-state index in [0.29, 0.717) is 17.7 Å². The molecule has 0 aromatic heterocycles. The number of benzene rings is 2. The van der Waals surface area contributed by atoms with Crippen molar-refractivity contribution in [3.05, 3.63) is 59.7 Å². The summed E-state index contributed by atoms with van der Waals surface area (Å²) >= 11 is 0. The normalized spacial score (nSPS) is 15.0. The van der Waals surface area contributed by atoms with Crippen LogP contribution in [0, 0.1) is 5.92 Å². The van der Waals surface area contributed by atoms with Crippen LogP contribution in [0.1, 0.15) is 61.4 Å². The number of nitrogens with zero attached hydrogens (tertiary/aromatic N) is 1. The van der Waals surface area contributed by atoms with Crippen LogP contribution in [0.2, 0.25) is 0 Å². The van der Waals surface area contributed by atoms with E-state index in [0.717, 1.165) is 37.0 Å². The number of hydrogen-bond donors (Lipinski definition) is 3. The Labute approximate surface area is 171 Å². The monoisotopic (exact) mass is 393 g/mol. The van der Waals surface area contributed by atoms with Crippen molar-refractivity contribution in [3.8, 4) is 5.75 Å². The van der Waals surface area contributed by atoms with Crippen molar-refractivity contribution >= 4 is 23.2 Å². The molecule has 2 aromatic rings. The fourth-order valence-corrected chi connectivity index (χ4v) is 3.50. The molecule has 3 N–H and O–H groups in total. The van der Waals surface area contributed by atoms with Gasteiger partial charge in [0.25, 0.3) is 5.91 Å². The first kappa shape index (κ1) is 20.6. The molecule has 6 heteroatoms. The van der Waals surface area contributed by atoms with Gasteiger partial charge in [0.15, 0.2) is 0 Å². The van der Waals surface area contributed by atoms with Gasteiger partial charge in [0.1, 0.15) is 5.75 Å². The number of hydrazone groups is 1. The zero-order chi connectivity index (χ0) is 20.6. The Morgan fingerprint density at radius 3 is 2.21 bits per heavy atom. The maximum Gasteiger partial charge on any atom is 0.271 e. The van der Waals surface area contributed by atoms with Gasteiger partial charge in [-0.2, -0.15) is 5.10 Å². The molecular weight excluding hydrogens is 366 g/mol. The highest BCUT2D eigenvalue weighted by atomic mass is 16.3. The highest BCUT2D eigenvalue weighted by molar-refractivity contribution is 6.02. The van der Waals surface area contributed by atoms with Crippen molar-refractivity contribution in [2.45, 2.75) is 45.4 Å². The SMILES string of the molecule is CCC(=NNC(=O)c1ccc(NC(=O)C2CCCCC2)cc1)c1ccc(O)cc1. The molecule has 1 saturated carbocycles. The van der Waals surface area contributed by atoms with Crippen LogP contribution in [-0.4, -0.2) is 22.6 Å². The number of aromatic hydroxyl groups is 1. The molecule has 0 radical (unpaired) electrons. The van der Waals surface area contributed by atoms with Crippen LogP contribution >= 0.6 is 0 Å². The van der Waals surface area contributed by atoms with Gasteiger partial charge in [0, 0.05) is 17.2 Å². The predicted molar refractivity (Wildman–Crippen MR) is 114 cm³/mol. The van der Waals surface area contributed by atoms with Crippen LogP contribution in [-0.2, 0) is 4.79 Å². The number of nitrogens with one attached hydrogen (secondary N) is 2. The molecule has 0 saturated heterocycles. The highest BCUT2D eigenvalue weighted by Crippen LogP contribution is 2.25. The number of amides is 2. The van der Waals surface area contributed by atoms with E-state index < -0.39 is 0 Å². The van der Waals surface area contributed by atoms with Gasteiger partial charge in [-0.3, -0.25) is 9.59 Å². The highest BCUT2D eigenvalue weighted by Gasteiger charge is 2.21. The van der Waals surface area contributed by atoms with E-state index in [1.807, 2.05) is 6.92 Å². The summed E-state index contributed by atoms with van der Waals surface area (Å²) < 4.78 is 0. The quantitative estimate of drug-likeness (QED) is 0.500. The first-order chi connectivity index (χ1) is 14.1. The second kappa shape index (κ2) is 9.87. The molecule has 29 heavy (non-hydrogen) atoms. The van der Waals surface area contributed by atoms with Crippen molar-refractivity contribution in [3.63, 3.8) is 0 Å². The minimum atomic E-state index is -0.320. The molecule has 0 unspecified atom stereocenters. The molecule has 6 nitrogen and oxygen atoms in total. The topological polar surface area (TPSA) is 90.8 Å². The van der Waals surface area contributed by atoms with Gasteiger partial charge in [-0.1, -0.05) is 26.2 Å². The summed E-state index contributed by atoms with van der Waals surface area (Å²) in [4.78, 5) is 24.7. The smallest absolute Gasteiger partial charge is 0.271 e. The molecule has 0 bridgehead atoms. The van der Waals surface area contributed by atoms with Gasteiger partial charge in [0.2, 0.25) is 5.91 Å². The van der Waals surface area contributed by atoms with Gasteiger partial charge in [-0.25, -0.2) is 5.43 Å². The Kier molecular flexibility index (Phi) is 7.00. The Morgan fingerprint density at radius 1 is 0.966 bits per heavy atom. The molecule has 3 rings (SSSR count). The average molecular weight is 393 g/mol. The molecule has 1 aliphatic rings. The van der Waals surface area contributed by atoms with Crippen LogP contribution in [0.5, 0.6) is 5.75 Å². The van der Waals surface area contributed by atoms with Crippen LogP contribution < -0.4 is 10.7 Å². The molecular formula is C23H27N3O3. The third kappa shape index (κ3) is 5.67. The Morgan fingerprint density at radius 2 is 1.59 bits per heavy atom. The van der Waals surface area contributed by atoms with Gasteiger partial charge in [-0.15, -0.1) is 0 Å². The van der Waals surface area contributed by atoms with Crippen molar-refractivity contribution in [2.24, 2.45) is 11.0 Å². The first-order valence-corrected chi connectivity index (χ1v) is 10.1. The summed E-state index contributed by atoms with van der Waals surface area (Å²) in [5.74, 6) is 0.0187. The average Bonchev–Trinajstić information content (AvgIpc) is 2.76. The molecule has 2 amide bonds. The maximum atomic E-state index is 12.4. The van der Waals surface area contributed by atoms with Gasteiger partial charge < -0.3 is 10.4 Å². The largest absolute Gasteiger partial charge is 0.508 e. The molecule has 0 aliphatic heterocycles. The molecule has 152 valence electrons. The van der Waals surface area contributed by atoms with Gasteiger partial charge in [-0.05, 0) is 73.4 Å². The number of carbonyl (C=O) groups is 2. The van der Waals surface area contributed by atoms with E-state index >= 15 is 0 Å². The Hall–Kier alpha value is -3.15. The lowest BCUT2D eigenvalue weighted by atomic mass is 9.88. The van der Waals surface area contributed by atoms with E-state index in [9.17, 15) is 14.7 Å². The summed E-state index contributed by atoms with van der Waals surface area (Å²) in [5, 5.41) is 16.6. The molecule has 0 atom stereocenters. The lowest BCUT2D eigenvalue weighted by molar-refractivity contribution is -0.120. The molecule has 1 fully saturated rings. The fraction of sp³-hybridized carbons (Fsp3) is 0.348. The Bertz CT molecular complexity index is 867. The Balaban J connectivity index is 1.59. The molecule has 0 heterocycles. The summed E-state index contributed by atoms with van der Waals surface area (Å²) in [6, 6.07) is 13.5. The zero-order valence-corrected chi connectivity index (χ0v) is 16.6. The van der Waals surface area contributed by atoms with E-state index in [1.54, 1.807) is 48.5 Å². The number of carbonyl (C=O) groups excluding carboxylic acids is 2. The van der Waals surface area contributed by atoms with Crippen molar-refractivity contribution in [2.75, 3.05) is 5.32 Å². The predicted octanol–water partition coefficient (Wildman–Crippen LogP) is 4.46. The van der Waals surface area contributed by atoms with Crippen molar-refractivity contribution in [1.82, 2.24) is 5.43 Å². The third-order valence-corrected chi connectivity index (χ3v) is 5.22. The summed E-state index contributed by atoms with van der Waals surface area (Å²) in [6.07, 6.45) is 5.97. The van der Waals surface area contributed by atoms with E-state index in [4.69, 9.17) is 0 Å².